The number of para-hydroxylation sites is 1. The highest BCUT2D eigenvalue weighted by atomic mass is 15.3. The molecule has 0 aliphatic heterocycles. The molecule has 2 aromatic heterocycles. The van der Waals surface area contributed by atoms with Crippen LogP contribution in [0.4, 0.5) is 5.95 Å². The molecule has 1 saturated carbocycles. The van der Waals surface area contributed by atoms with E-state index in [0.29, 0.717) is 6.04 Å². The Labute approximate surface area is 130 Å². The van der Waals surface area contributed by atoms with E-state index in [4.69, 9.17) is 4.98 Å². The summed E-state index contributed by atoms with van der Waals surface area (Å²) in [5.74, 6) is 1.86. The third-order valence-corrected chi connectivity index (χ3v) is 4.83. The normalized spacial score (nSPS) is 16.5. The van der Waals surface area contributed by atoms with Crippen molar-refractivity contribution in [2.24, 2.45) is 0 Å². The first-order chi connectivity index (χ1) is 10.8. The topological polar surface area (TPSA) is 46.3 Å². The predicted molar refractivity (Wildman–Crippen MR) is 88.3 cm³/mol. The number of rotatable bonds is 2. The van der Waals surface area contributed by atoms with Crippen molar-refractivity contribution in [2.75, 3.05) is 11.9 Å². The van der Waals surface area contributed by atoms with Gasteiger partial charge >= 0.3 is 0 Å². The molecule has 0 atom stereocenters. The Balaban J connectivity index is 1.92. The maximum atomic E-state index is 4.92. The number of aryl methyl sites for hydroxylation is 1. The maximum absolute atomic E-state index is 4.92. The van der Waals surface area contributed by atoms with E-state index in [0.717, 1.165) is 28.3 Å². The van der Waals surface area contributed by atoms with Gasteiger partial charge in [0.05, 0.1) is 5.52 Å². The molecule has 0 spiro atoms. The van der Waals surface area contributed by atoms with Crippen LogP contribution in [0.25, 0.3) is 16.6 Å². The van der Waals surface area contributed by atoms with Crippen molar-refractivity contribution in [1.29, 1.82) is 0 Å². The van der Waals surface area contributed by atoms with Crippen LogP contribution in [0, 0.1) is 6.92 Å². The summed E-state index contributed by atoms with van der Waals surface area (Å²) in [5, 5.41) is 9.72. The van der Waals surface area contributed by atoms with Gasteiger partial charge < -0.3 is 4.90 Å². The van der Waals surface area contributed by atoms with Gasteiger partial charge in [0.15, 0.2) is 5.65 Å². The van der Waals surface area contributed by atoms with Crippen LogP contribution in [0.15, 0.2) is 24.3 Å². The zero-order chi connectivity index (χ0) is 15.1. The number of aromatic nitrogens is 4. The van der Waals surface area contributed by atoms with Crippen LogP contribution in [-0.2, 0) is 0 Å². The van der Waals surface area contributed by atoms with Gasteiger partial charge in [-0.1, -0.05) is 31.4 Å². The molecule has 0 bridgehead atoms. The molecule has 1 aliphatic carbocycles. The number of benzene rings is 1. The third kappa shape index (κ3) is 2.03. The number of anilines is 1. The highest BCUT2D eigenvalue weighted by molar-refractivity contribution is 5.92. The van der Waals surface area contributed by atoms with E-state index in [1.54, 1.807) is 0 Å². The van der Waals surface area contributed by atoms with Gasteiger partial charge in [-0.25, -0.2) is 9.38 Å². The molecule has 1 fully saturated rings. The van der Waals surface area contributed by atoms with E-state index >= 15 is 0 Å². The van der Waals surface area contributed by atoms with Gasteiger partial charge in [-0.15, -0.1) is 10.2 Å². The van der Waals surface area contributed by atoms with E-state index in [1.807, 2.05) is 19.1 Å². The van der Waals surface area contributed by atoms with Gasteiger partial charge in [0.2, 0.25) is 5.95 Å². The zero-order valence-electron chi connectivity index (χ0n) is 13.2. The van der Waals surface area contributed by atoms with E-state index < -0.39 is 0 Å². The summed E-state index contributed by atoms with van der Waals surface area (Å²) in [6.07, 6.45) is 6.47. The van der Waals surface area contributed by atoms with Crippen molar-refractivity contribution < 1.29 is 0 Å². The van der Waals surface area contributed by atoms with Crippen molar-refractivity contribution in [3.63, 3.8) is 0 Å². The van der Waals surface area contributed by atoms with Crippen LogP contribution in [0.1, 0.15) is 37.9 Å². The Morgan fingerprint density at radius 3 is 2.68 bits per heavy atom. The third-order valence-electron chi connectivity index (χ3n) is 4.83. The lowest BCUT2D eigenvalue weighted by molar-refractivity contribution is 0.423. The summed E-state index contributed by atoms with van der Waals surface area (Å²) in [6, 6.07) is 8.73. The number of nitrogens with zero attached hydrogens (tertiary/aromatic N) is 5. The molecule has 5 heteroatoms. The van der Waals surface area contributed by atoms with Crippen molar-refractivity contribution in [3.05, 3.63) is 30.1 Å². The highest BCUT2D eigenvalue weighted by Gasteiger charge is 2.23. The Kier molecular flexibility index (Phi) is 3.21. The monoisotopic (exact) mass is 295 g/mol. The fourth-order valence-electron chi connectivity index (χ4n) is 3.56. The minimum atomic E-state index is 0.562. The second kappa shape index (κ2) is 5.23. The van der Waals surface area contributed by atoms with Crippen LogP contribution >= 0.6 is 0 Å². The van der Waals surface area contributed by atoms with E-state index in [2.05, 4.69) is 38.7 Å². The second-order valence-corrected chi connectivity index (χ2v) is 6.24. The van der Waals surface area contributed by atoms with Crippen LogP contribution in [0.3, 0.4) is 0 Å². The predicted octanol–water partition coefficient (Wildman–Crippen LogP) is 3.35. The molecule has 5 nitrogen and oxygen atoms in total. The number of fused-ring (bicyclic) bond motifs is 3. The maximum Gasteiger partial charge on any atom is 0.213 e. The molecule has 1 aliphatic rings. The van der Waals surface area contributed by atoms with Gasteiger partial charge in [-0.3, -0.25) is 0 Å². The molecule has 1 aromatic carbocycles. The zero-order valence-corrected chi connectivity index (χ0v) is 13.2. The van der Waals surface area contributed by atoms with E-state index in [9.17, 15) is 0 Å². The average Bonchev–Trinajstić information content (AvgIpc) is 2.97. The molecule has 2 heterocycles. The van der Waals surface area contributed by atoms with Gasteiger partial charge in [-0.2, -0.15) is 0 Å². The molecule has 114 valence electrons. The molecular formula is C17H21N5. The molecule has 3 aromatic rings. The lowest BCUT2D eigenvalue weighted by atomic mass is 9.95. The Morgan fingerprint density at radius 2 is 1.86 bits per heavy atom. The number of hydrogen-bond acceptors (Lipinski definition) is 4. The SMILES string of the molecule is Cc1nnc2c3ccccc3nc(N(C)C3CCCCC3)n12. The van der Waals surface area contributed by atoms with Crippen LogP contribution in [-0.4, -0.2) is 32.7 Å². The smallest absolute Gasteiger partial charge is 0.213 e. The molecule has 0 radical (unpaired) electrons. The summed E-state index contributed by atoms with van der Waals surface area (Å²) in [6.45, 7) is 1.99. The molecular weight excluding hydrogens is 274 g/mol. The van der Waals surface area contributed by atoms with Gasteiger partial charge in [0.25, 0.3) is 0 Å². The fraction of sp³-hybridized carbons (Fsp3) is 0.471. The summed E-state index contributed by atoms with van der Waals surface area (Å²) in [7, 11) is 2.16. The standard InChI is InChI=1S/C17H21N5/c1-12-19-20-16-14-10-6-7-11-15(14)18-17(22(12)16)21(2)13-8-4-3-5-9-13/h6-7,10-11,13H,3-5,8-9H2,1-2H3. The summed E-state index contributed by atoms with van der Waals surface area (Å²) >= 11 is 0. The summed E-state index contributed by atoms with van der Waals surface area (Å²) in [4.78, 5) is 7.25. The second-order valence-electron chi connectivity index (χ2n) is 6.24. The minimum absolute atomic E-state index is 0.562. The van der Waals surface area contributed by atoms with Crippen molar-refractivity contribution in [2.45, 2.75) is 45.1 Å². The molecule has 0 amide bonds. The minimum Gasteiger partial charge on any atom is -0.342 e. The van der Waals surface area contributed by atoms with E-state index in [-0.39, 0.29) is 0 Å². The van der Waals surface area contributed by atoms with Crippen molar-refractivity contribution in [1.82, 2.24) is 19.6 Å². The quantitative estimate of drug-likeness (QED) is 0.727. The first kappa shape index (κ1) is 13.5. The molecule has 0 unspecified atom stereocenters. The molecule has 0 N–H and O–H groups in total. The van der Waals surface area contributed by atoms with Crippen LogP contribution < -0.4 is 4.90 Å². The lowest BCUT2D eigenvalue weighted by Gasteiger charge is -2.32. The first-order valence-corrected chi connectivity index (χ1v) is 8.09. The summed E-state index contributed by atoms with van der Waals surface area (Å²) in [5.41, 5.74) is 1.89. The van der Waals surface area contributed by atoms with Crippen LogP contribution in [0.2, 0.25) is 0 Å². The molecule has 22 heavy (non-hydrogen) atoms. The van der Waals surface area contributed by atoms with Crippen molar-refractivity contribution in [3.8, 4) is 0 Å². The van der Waals surface area contributed by atoms with Gasteiger partial charge in [0.1, 0.15) is 5.82 Å². The lowest BCUT2D eigenvalue weighted by Crippen LogP contribution is -2.35. The number of hydrogen-bond donors (Lipinski definition) is 0. The largest absolute Gasteiger partial charge is 0.342 e. The fourth-order valence-corrected chi connectivity index (χ4v) is 3.56. The van der Waals surface area contributed by atoms with Gasteiger partial charge in [-0.05, 0) is 31.9 Å². The Hall–Kier alpha value is -2.17. The van der Waals surface area contributed by atoms with Gasteiger partial charge in [0, 0.05) is 18.5 Å². The Morgan fingerprint density at radius 1 is 1.09 bits per heavy atom. The van der Waals surface area contributed by atoms with Crippen LogP contribution in [0.5, 0.6) is 0 Å². The Bertz CT molecular complexity index is 816. The molecule has 0 saturated heterocycles. The average molecular weight is 295 g/mol. The molecule has 4 rings (SSSR count). The first-order valence-electron chi connectivity index (χ1n) is 8.09. The highest BCUT2D eigenvalue weighted by Crippen LogP contribution is 2.28. The summed E-state index contributed by atoms with van der Waals surface area (Å²) < 4.78 is 2.09. The van der Waals surface area contributed by atoms with Crippen molar-refractivity contribution >= 4 is 22.5 Å². The van der Waals surface area contributed by atoms with E-state index in [1.165, 1.54) is 32.1 Å².